The summed E-state index contributed by atoms with van der Waals surface area (Å²) in [7, 11) is 0. The summed E-state index contributed by atoms with van der Waals surface area (Å²) in [6, 6.07) is 0. The number of allylic oxidation sites excluding steroid dienone is 1. The maximum Gasteiger partial charge on any atom is 0.336 e. The van der Waals surface area contributed by atoms with Crippen LogP contribution in [-0.2, 0) is 10.9 Å². The van der Waals surface area contributed by atoms with Gasteiger partial charge in [-0.05, 0) is 13.8 Å². The van der Waals surface area contributed by atoms with Crippen LogP contribution in [0, 0.1) is 0 Å². The van der Waals surface area contributed by atoms with Gasteiger partial charge in [0.1, 0.15) is 0 Å². The Morgan fingerprint density at radius 1 is 1.30 bits per heavy atom. The van der Waals surface area contributed by atoms with E-state index in [1.165, 1.54) is 13.8 Å². The van der Waals surface area contributed by atoms with Crippen molar-refractivity contribution in [3.8, 4) is 0 Å². The summed E-state index contributed by atoms with van der Waals surface area (Å²) < 4.78 is 20.5. The molecule has 0 aliphatic heterocycles. The summed E-state index contributed by atoms with van der Waals surface area (Å²) in [6.07, 6.45) is 0. The largest absolute Gasteiger partial charge is 0.478 e. The number of carbonyl (C=O) groups is 1. The highest BCUT2D eigenvalue weighted by Crippen LogP contribution is 2.22. The van der Waals surface area contributed by atoms with Gasteiger partial charge in [-0.3, -0.25) is 0 Å². The number of hydrogen-bond acceptors (Lipinski definition) is 3. The van der Waals surface area contributed by atoms with Crippen LogP contribution in [0.1, 0.15) is 13.8 Å². The molecule has 0 amide bonds. The monoisotopic (exact) mass is 258 g/mol. The predicted molar refractivity (Wildman–Crippen MR) is 41.4 cm³/mol. The molecule has 10 heavy (non-hydrogen) atoms. The molecule has 0 rings (SSSR count). The molecule has 0 bridgehead atoms. The lowest BCUT2D eigenvalue weighted by Gasteiger charge is -1.90. The zero-order chi connectivity index (χ0) is 8.31. The third kappa shape index (κ3) is 2.42. The van der Waals surface area contributed by atoms with Crippen LogP contribution in [0.5, 0.6) is 0 Å². The summed E-state index contributed by atoms with van der Waals surface area (Å²) in [4.78, 5) is 10.1. The van der Waals surface area contributed by atoms with E-state index in [0.29, 0.717) is 0 Å². The molecule has 0 atom stereocenters. The lowest BCUT2D eigenvalue weighted by atomic mass is 10.3. The van der Waals surface area contributed by atoms with E-state index in [-0.39, 0.29) is 9.15 Å². The normalized spacial score (nSPS) is 13.1. The fraction of sp³-hybridized carbons (Fsp3) is 0.400. The quantitative estimate of drug-likeness (QED) is 0.602. The molecular formula is C5H7IO4. The van der Waals surface area contributed by atoms with Gasteiger partial charge in [0.2, 0.25) is 0 Å². The standard InChI is InChI=1S/C5H7IO4/c1-3(5(7)8)4(2)6(9)10/h1-2H3,(H,7,8). The fourth-order valence-corrected chi connectivity index (χ4v) is 1.15. The Kier molecular flexibility index (Phi) is 3.48. The van der Waals surface area contributed by atoms with Gasteiger partial charge in [-0.1, -0.05) is 0 Å². The Labute approximate surface area is 65.1 Å². The second-order valence-corrected chi connectivity index (χ2v) is 4.54. The Morgan fingerprint density at radius 3 is 1.80 bits per heavy atom. The van der Waals surface area contributed by atoms with Crippen molar-refractivity contribution >= 4 is 25.8 Å². The molecule has 0 radical (unpaired) electrons. The van der Waals surface area contributed by atoms with Gasteiger partial charge in [-0.25, -0.2) is 10.9 Å². The van der Waals surface area contributed by atoms with Crippen LogP contribution in [0.15, 0.2) is 9.15 Å². The fourth-order valence-electron chi connectivity index (χ4n) is 0.263. The molecule has 0 heterocycles. The Morgan fingerprint density at radius 2 is 1.70 bits per heavy atom. The molecule has 0 saturated carbocycles. The minimum atomic E-state index is -3.53. The number of carboxylic acid groups (broad SMARTS) is 1. The topological polar surface area (TPSA) is 71.4 Å². The van der Waals surface area contributed by atoms with Gasteiger partial charge in [-0.15, -0.1) is 0 Å². The summed E-state index contributed by atoms with van der Waals surface area (Å²) >= 11 is -3.53. The average Bonchev–Trinajstić information content (AvgIpc) is 1.84. The van der Waals surface area contributed by atoms with E-state index in [1.54, 1.807) is 0 Å². The highest BCUT2D eigenvalue weighted by Gasteiger charge is 2.07. The van der Waals surface area contributed by atoms with Gasteiger partial charge >= 0.3 is 25.8 Å². The van der Waals surface area contributed by atoms with Crippen molar-refractivity contribution in [1.29, 1.82) is 0 Å². The first-order valence-corrected chi connectivity index (χ1v) is 5.27. The molecule has 5 heteroatoms. The number of hydrogen-bond donors (Lipinski definition) is 1. The van der Waals surface area contributed by atoms with Gasteiger partial charge in [0.25, 0.3) is 0 Å². The second-order valence-electron chi connectivity index (χ2n) is 1.68. The van der Waals surface area contributed by atoms with Crippen molar-refractivity contribution in [3.05, 3.63) is 9.15 Å². The van der Waals surface area contributed by atoms with Gasteiger partial charge < -0.3 is 5.11 Å². The van der Waals surface area contributed by atoms with E-state index in [1.807, 2.05) is 0 Å². The Hall–Kier alpha value is -0.460. The first-order valence-electron chi connectivity index (χ1n) is 2.43. The van der Waals surface area contributed by atoms with Gasteiger partial charge in [0.15, 0.2) is 0 Å². The van der Waals surface area contributed by atoms with Gasteiger partial charge in [-0.2, -0.15) is 0 Å². The summed E-state index contributed by atoms with van der Waals surface area (Å²) in [5.74, 6) is -1.17. The Bertz CT molecular complexity index is 240. The average molecular weight is 258 g/mol. The van der Waals surface area contributed by atoms with E-state index >= 15 is 0 Å². The summed E-state index contributed by atoms with van der Waals surface area (Å²) in [6.45, 7) is 2.58. The first kappa shape index (κ1) is 9.54. The molecule has 0 fully saturated rings. The number of aliphatic carboxylic acids is 1. The minimum Gasteiger partial charge on any atom is -0.478 e. The molecule has 0 aromatic rings. The molecule has 0 aliphatic rings. The maximum atomic E-state index is 10.3. The zero-order valence-corrected chi connectivity index (χ0v) is 7.71. The van der Waals surface area contributed by atoms with E-state index in [2.05, 4.69) is 0 Å². The third-order valence-corrected chi connectivity index (χ3v) is 3.20. The number of halogens is 1. The number of rotatable bonds is 2. The molecule has 0 aliphatic carbocycles. The zero-order valence-electron chi connectivity index (χ0n) is 5.55. The Balaban J connectivity index is 4.86. The van der Waals surface area contributed by atoms with Crippen LogP contribution >= 0.6 is 19.8 Å². The first-order chi connectivity index (χ1) is 4.46. The molecule has 0 aromatic heterocycles. The minimum absolute atomic E-state index is 0.00306. The van der Waals surface area contributed by atoms with Crippen LogP contribution in [0.2, 0.25) is 0 Å². The molecule has 0 spiro atoms. The maximum absolute atomic E-state index is 10.3. The van der Waals surface area contributed by atoms with E-state index < -0.39 is 25.8 Å². The summed E-state index contributed by atoms with van der Waals surface area (Å²) in [5.41, 5.74) is -0.0878. The van der Waals surface area contributed by atoms with E-state index in [0.717, 1.165) is 0 Å². The molecule has 58 valence electrons. The van der Waals surface area contributed by atoms with E-state index in [4.69, 9.17) is 5.11 Å². The molecule has 0 aromatic carbocycles. The lowest BCUT2D eigenvalue weighted by molar-refractivity contribution is -0.132. The lowest BCUT2D eigenvalue weighted by Crippen LogP contribution is -1.96. The molecule has 4 nitrogen and oxygen atoms in total. The van der Waals surface area contributed by atoms with Crippen LogP contribution in [0.25, 0.3) is 0 Å². The highest BCUT2D eigenvalue weighted by atomic mass is 127. The second kappa shape index (κ2) is 3.65. The highest BCUT2D eigenvalue weighted by molar-refractivity contribution is 14.2. The molecule has 1 N–H and O–H groups in total. The van der Waals surface area contributed by atoms with Crippen LogP contribution in [0.4, 0.5) is 0 Å². The van der Waals surface area contributed by atoms with Crippen molar-refractivity contribution in [3.63, 3.8) is 0 Å². The van der Waals surface area contributed by atoms with Crippen molar-refractivity contribution in [2.75, 3.05) is 0 Å². The van der Waals surface area contributed by atoms with Crippen molar-refractivity contribution in [2.24, 2.45) is 0 Å². The van der Waals surface area contributed by atoms with Gasteiger partial charge in [0.05, 0.1) is 3.58 Å². The molecular weight excluding hydrogens is 251 g/mol. The van der Waals surface area contributed by atoms with Crippen molar-refractivity contribution < 1.29 is 16.0 Å². The molecule has 0 saturated heterocycles. The van der Waals surface area contributed by atoms with Crippen LogP contribution in [0.3, 0.4) is 0 Å². The van der Waals surface area contributed by atoms with Crippen molar-refractivity contribution in [2.45, 2.75) is 13.8 Å². The van der Waals surface area contributed by atoms with Gasteiger partial charge in [0, 0.05) is 5.57 Å². The smallest absolute Gasteiger partial charge is 0.336 e. The molecule has 0 unspecified atom stereocenters. The van der Waals surface area contributed by atoms with Crippen LogP contribution in [-0.4, -0.2) is 11.1 Å². The SMILES string of the molecule is CC(C(=O)O)=C(C)I(=O)=O. The van der Waals surface area contributed by atoms with Crippen LogP contribution < -0.4 is 0 Å². The van der Waals surface area contributed by atoms with E-state index in [9.17, 15) is 10.9 Å². The summed E-state index contributed by atoms with van der Waals surface area (Å²) in [5, 5.41) is 8.29. The third-order valence-electron chi connectivity index (χ3n) is 1.07. The number of carboxylic acids is 1. The van der Waals surface area contributed by atoms with Crippen molar-refractivity contribution in [1.82, 2.24) is 0 Å². The predicted octanol–water partition coefficient (Wildman–Crippen LogP) is 1.56.